The van der Waals surface area contributed by atoms with Crippen LogP contribution in [0.15, 0.2) is 59.6 Å². The van der Waals surface area contributed by atoms with Gasteiger partial charge in [-0.15, -0.1) is 0 Å². The molecule has 0 aliphatic carbocycles. The zero-order valence-corrected chi connectivity index (χ0v) is 21.0. The highest BCUT2D eigenvalue weighted by Crippen LogP contribution is 2.14. The number of amides is 2. The molecular formula is C27H34N4O6. The zero-order chi connectivity index (χ0) is 26.3. The summed E-state index contributed by atoms with van der Waals surface area (Å²) >= 11 is 0. The summed E-state index contributed by atoms with van der Waals surface area (Å²) in [4.78, 5) is 40.9. The molecule has 10 nitrogen and oxygen atoms in total. The number of aryl methyl sites for hydroxylation is 1. The van der Waals surface area contributed by atoms with Crippen LogP contribution in [0.3, 0.4) is 0 Å². The summed E-state index contributed by atoms with van der Waals surface area (Å²) in [5.74, 6) is 0.516. The average molecular weight is 511 g/mol. The average Bonchev–Trinajstić information content (AvgIpc) is 2.92. The van der Waals surface area contributed by atoms with Crippen molar-refractivity contribution in [3.05, 3.63) is 65.7 Å². The van der Waals surface area contributed by atoms with Crippen molar-refractivity contribution < 1.29 is 28.6 Å². The van der Waals surface area contributed by atoms with E-state index in [1.807, 2.05) is 42.5 Å². The number of carbonyl (C=O) groups is 3. The molecule has 2 aromatic rings. The Hall–Kier alpha value is -4.08. The van der Waals surface area contributed by atoms with E-state index in [1.165, 1.54) is 0 Å². The van der Waals surface area contributed by atoms with Crippen LogP contribution in [0.4, 0.5) is 4.79 Å². The molecule has 37 heavy (non-hydrogen) atoms. The number of hydrogen-bond donors (Lipinski definition) is 3. The second-order valence-electron chi connectivity index (χ2n) is 8.35. The normalized spacial score (nSPS) is 13.4. The van der Waals surface area contributed by atoms with E-state index in [0.717, 1.165) is 30.6 Å². The first-order valence-electron chi connectivity index (χ1n) is 12.5. The van der Waals surface area contributed by atoms with Crippen LogP contribution >= 0.6 is 0 Å². The molecule has 3 N–H and O–H groups in total. The van der Waals surface area contributed by atoms with E-state index in [1.54, 1.807) is 19.1 Å². The maximum absolute atomic E-state index is 12.3. The van der Waals surface area contributed by atoms with Crippen LogP contribution in [0, 0.1) is 0 Å². The summed E-state index contributed by atoms with van der Waals surface area (Å²) in [7, 11) is 0. The lowest BCUT2D eigenvalue weighted by Gasteiger charge is -2.17. The summed E-state index contributed by atoms with van der Waals surface area (Å²) in [6, 6.07) is 15.8. The van der Waals surface area contributed by atoms with E-state index in [9.17, 15) is 14.4 Å². The van der Waals surface area contributed by atoms with Gasteiger partial charge in [0, 0.05) is 25.9 Å². The Morgan fingerprint density at radius 3 is 2.51 bits per heavy atom. The predicted octanol–water partition coefficient (Wildman–Crippen LogP) is 2.71. The highest BCUT2D eigenvalue weighted by molar-refractivity contribution is 5.97. The molecule has 10 heteroatoms. The minimum atomic E-state index is -0.899. The monoisotopic (exact) mass is 510 g/mol. The van der Waals surface area contributed by atoms with Gasteiger partial charge in [0.1, 0.15) is 18.4 Å². The van der Waals surface area contributed by atoms with Gasteiger partial charge in [0.05, 0.1) is 13.2 Å². The molecule has 2 amide bonds. The molecule has 1 aliphatic rings. The van der Waals surface area contributed by atoms with Crippen molar-refractivity contribution >= 4 is 23.9 Å². The number of nitrogens with one attached hydrogen (secondary N) is 3. The lowest BCUT2D eigenvalue weighted by molar-refractivity contribution is -0.145. The standard InChI is InChI=1S/C27H34N4O6/c1-2-35-25(33)23(30-27(34)37-19-21-7-4-3-5-8-21)15-18-36-22-12-9-20(10-13-22)11-14-24(32)31-26-28-16-6-17-29-26/h3-5,7-10,12-13,23H,2,6,11,14-19H2,1H3,(H,30,34)(H2,28,29,31,32)/t23-/m0/s1. The second-order valence-corrected chi connectivity index (χ2v) is 8.35. The van der Waals surface area contributed by atoms with Crippen molar-refractivity contribution in [2.45, 2.75) is 45.3 Å². The van der Waals surface area contributed by atoms with Crippen LogP contribution in [-0.4, -0.2) is 56.3 Å². The first-order valence-corrected chi connectivity index (χ1v) is 12.5. The Morgan fingerprint density at radius 1 is 1.03 bits per heavy atom. The number of guanidine groups is 1. The van der Waals surface area contributed by atoms with Crippen LogP contribution in [0.25, 0.3) is 0 Å². The van der Waals surface area contributed by atoms with E-state index in [4.69, 9.17) is 14.2 Å². The Kier molecular flexibility index (Phi) is 11.2. The van der Waals surface area contributed by atoms with E-state index in [2.05, 4.69) is 20.9 Å². The Balaban J connectivity index is 1.41. The van der Waals surface area contributed by atoms with Crippen molar-refractivity contribution in [2.24, 2.45) is 4.99 Å². The lowest BCUT2D eigenvalue weighted by atomic mass is 10.1. The number of rotatable bonds is 12. The van der Waals surface area contributed by atoms with Gasteiger partial charge in [-0.05, 0) is 43.0 Å². The van der Waals surface area contributed by atoms with Crippen molar-refractivity contribution in [1.82, 2.24) is 16.0 Å². The van der Waals surface area contributed by atoms with Crippen molar-refractivity contribution in [2.75, 3.05) is 26.3 Å². The predicted molar refractivity (Wildman–Crippen MR) is 138 cm³/mol. The molecule has 0 fully saturated rings. The smallest absolute Gasteiger partial charge is 0.408 e. The van der Waals surface area contributed by atoms with Crippen LogP contribution in [0.5, 0.6) is 5.75 Å². The SMILES string of the molecule is CCOC(=O)[C@H](CCOc1ccc(CCC(=O)NC2=NCCCN2)cc1)NC(=O)OCc1ccccc1. The summed E-state index contributed by atoms with van der Waals surface area (Å²) in [6.07, 6.45) is 1.39. The van der Waals surface area contributed by atoms with Crippen molar-refractivity contribution in [3.63, 3.8) is 0 Å². The third-order valence-electron chi connectivity index (χ3n) is 5.47. The van der Waals surface area contributed by atoms with Crippen molar-refractivity contribution in [1.29, 1.82) is 0 Å². The molecule has 1 aliphatic heterocycles. The third kappa shape index (κ3) is 10.2. The fraction of sp³-hybridized carbons (Fsp3) is 0.407. The van der Waals surface area contributed by atoms with Gasteiger partial charge < -0.3 is 24.8 Å². The van der Waals surface area contributed by atoms with Crippen LogP contribution in [0.1, 0.15) is 37.3 Å². The molecule has 2 aromatic carbocycles. The number of esters is 1. The number of nitrogens with zero attached hydrogens (tertiary/aromatic N) is 1. The maximum Gasteiger partial charge on any atom is 0.408 e. The fourth-order valence-electron chi connectivity index (χ4n) is 3.51. The highest BCUT2D eigenvalue weighted by Gasteiger charge is 2.23. The van der Waals surface area contributed by atoms with Gasteiger partial charge >= 0.3 is 12.1 Å². The van der Waals surface area contributed by atoms with Gasteiger partial charge in [0.2, 0.25) is 5.91 Å². The Morgan fingerprint density at radius 2 is 1.81 bits per heavy atom. The van der Waals surface area contributed by atoms with Gasteiger partial charge in [-0.1, -0.05) is 42.5 Å². The van der Waals surface area contributed by atoms with Crippen LogP contribution < -0.4 is 20.7 Å². The fourth-order valence-corrected chi connectivity index (χ4v) is 3.51. The Bertz CT molecular complexity index is 1040. The molecule has 0 radical (unpaired) electrons. The van der Waals surface area contributed by atoms with E-state index in [-0.39, 0.29) is 32.1 Å². The van der Waals surface area contributed by atoms with Gasteiger partial charge in [-0.25, -0.2) is 9.59 Å². The third-order valence-corrected chi connectivity index (χ3v) is 5.47. The van der Waals surface area contributed by atoms with Gasteiger partial charge in [0.25, 0.3) is 0 Å². The number of ether oxygens (including phenoxy) is 3. The maximum atomic E-state index is 12.3. The van der Waals surface area contributed by atoms with E-state index >= 15 is 0 Å². The number of benzene rings is 2. The number of carbonyl (C=O) groups excluding carboxylic acids is 3. The van der Waals surface area contributed by atoms with E-state index < -0.39 is 18.1 Å². The summed E-state index contributed by atoms with van der Waals surface area (Å²) < 4.78 is 16.0. The quantitative estimate of drug-likeness (QED) is 0.375. The second kappa shape index (κ2) is 15.1. The molecule has 0 saturated heterocycles. The topological polar surface area (TPSA) is 127 Å². The molecular weight excluding hydrogens is 476 g/mol. The summed E-state index contributed by atoms with van der Waals surface area (Å²) in [6.45, 7) is 3.71. The summed E-state index contributed by atoms with van der Waals surface area (Å²) in [5, 5.41) is 8.41. The molecule has 0 spiro atoms. The minimum absolute atomic E-state index is 0.0896. The van der Waals surface area contributed by atoms with Gasteiger partial charge in [-0.2, -0.15) is 0 Å². The Labute approximate surface area is 216 Å². The first-order chi connectivity index (χ1) is 18.0. The molecule has 0 aromatic heterocycles. The first kappa shape index (κ1) is 27.5. The molecule has 1 atom stereocenters. The largest absolute Gasteiger partial charge is 0.494 e. The van der Waals surface area contributed by atoms with Gasteiger partial charge in [-0.3, -0.25) is 15.1 Å². The molecule has 3 rings (SSSR count). The van der Waals surface area contributed by atoms with Crippen LogP contribution in [-0.2, 0) is 32.1 Å². The molecule has 0 unspecified atom stereocenters. The zero-order valence-electron chi connectivity index (χ0n) is 21.0. The van der Waals surface area contributed by atoms with Crippen LogP contribution in [0.2, 0.25) is 0 Å². The summed E-state index contributed by atoms with van der Waals surface area (Å²) in [5.41, 5.74) is 1.83. The van der Waals surface area contributed by atoms with Crippen molar-refractivity contribution in [3.8, 4) is 5.75 Å². The number of hydrogen-bond acceptors (Lipinski definition) is 8. The lowest BCUT2D eigenvalue weighted by Crippen LogP contribution is -2.43. The van der Waals surface area contributed by atoms with E-state index in [0.29, 0.717) is 24.6 Å². The number of aliphatic imine (C=N–C) groups is 1. The molecule has 0 bridgehead atoms. The molecule has 0 saturated carbocycles. The molecule has 1 heterocycles. The molecule has 198 valence electrons. The minimum Gasteiger partial charge on any atom is -0.494 e. The number of alkyl carbamates (subject to hydrolysis) is 1. The highest BCUT2D eigenvalue weighted by atomic mass is 16.6. The van der Waals surface area contributed by atoms with Gasteiger partial charge in [0.15, 0.2) is 5.96 Å².